The monoisotopic (exact) mass is 451 g/mol. The number of furan rings is 1. The van der Waals surface area contributed by atoms with Crippen molar-refractivity contribution >= 4 is 21.8 Å². The Balaban J connectivity index is 1.52. The predicted molar refractivity (Wildman–Crippen MR) is 101 cm³/mol. The molecule has 3 aromatic rings. The molecule has 1 aromatic heterocycles. The van der Waals surface area contributed by atoms with Gasteiger partial charge in [-0.2, -0.15) is 0 Å². The summed E-state index contributed by atoms with van der Waals surface area (Å²) in [7, 11) is 0. The van der Waals surface area contributed by atoms with Crippen LogP contribution in [0.2, 0.25) is 0 Å². The van der Waals surface area contributed by atoms with Crippen molar-refractivity contribution in [2.75, 3.05) is 6.54 Å². The van der Waals surface area contributed by atoms with E-state index in [9.17, 15) is 18.7 Å². The average molecular weight is 452 g/mol. The molecule has 2 N–H and O–H groups in total. The minimum atomic E-state index is -1.19. The number of aliphatic hydroxyl groups is 1. The van der Waals surface area contributed by atoms with Crippen LogP contribution in [0.25, 0.3) is 0 Å². The Morgan fingerprint density at radius 3 is 2.71 bits per heavy atom. The number of aliphatic hydroxyl groups excluding tert-OH is 1. The van der Waals surface area contributed by atoms with Gasteiger partial charge < -0.3 is 19.6 Å². The maximum atomic E-state index is 13.2. The fourth-order valence-corrected chi connectivity index (χ4v) is 2.78. The van der Waals surface area contributed by atoms with Crippen molar-refractivity contribution in [2.45, 2.75) is 12.7 Å². The largest absolute Gasteiger partial charge is 0.486 e. The Morgan fingerprint density at radius 2 is 1.96 bits per heavy atom. The predicted octanol–water partition coefficient (Wildman–Crippen LogP) is 4.36. The van der Waals surface area contributed by atoms with E-state index in [1.807, 2.05) is 12.1 Å². The van der Waals surface area contributed by atoms with Crippen molar-refractivity contribution in [3.8, 4) is 5.75 Å². The molecule has 0 saturated carbocycles. The van der Waals surface area contributed by atoms with Gasteiger partial charge in [-0.25, -0.2) is 8.78 Å². The van der Waals surface area contributed by atoms with Crippen LogP contribution in [0.5, 0.6) is 5.75 Å². The quantitative estimate of drug-likeness (QED) is 0.559. The van der Waals surface area contributed by atoms with Gasteiger partial charge in [0, 0.05) is 11.0 Å². The van der Waals surface area contributed by atoms with E-state index in [0.29, 0.717) is 11.5 Å². The highest BCUT2D eigenvalue weighted by molar-refractivity contribution is 9.10. The molecule has 1 amide bonds. The molecule has 5 nitrogen and oxygen atoms in total. The van der Waals surface area contributed by atoms with E-state index in [4.69, 9.17) is 9.15 Å². The average Bonchev–Trinajstić information content (AvgIpc) is 3.15. The van der Waals surface area contributed by atoms with Crippen LogP contribution >= 0.6 is 15.9 Å². The van der Waals surface area contributed by atoms with Crippen molar-refractivity contribution in [1.29, 1.82) is 0 Å². The summed E-state index contributed by atoms with van der Waals surface area (Å²) < 4.78 is 38.1. The first-order valence-electron chi connectivity index (χ1n) is 8.30. The standard InChI is InChI=1S/C20H16BrF2NO4/c21-13-2-1-3-14(9-13)27-11-15-5-7-19(28-15)20(26)24-10-18(25)12-4-6-16(22)17(23)8-12/h1-9,18,25H,10-11H2,(H,24,26). The fraction of sp³-hybridized carbons (Fsp3) is 0.150. The van der Waals surface area contributed by atoms with Crippen molar-refractivity contribution < 1.29 is 27.8 Å². The zero-order valence-electron chi connectivity index (χ0n) is 14.5. The van der Waals surface area contributed by atoms with E-state index in [1.54, 1.807) is 18.2 Å². The van der Waals surface area contributed by atoms with Crippen LogP contribution in [0.1, 0.15) is 28.0 Å². The zero-order valence-corrected chi connectivity index (χ0v) is 16.1. The summed E-state index contributed by atoms with van der Waals surface area (Å²) in [5.74, 6) is -1.48. The summed E-state index contributed by atoms with van der Waals surface area (Å²) in [4.78, 5) is 12.1. The van der Waals surface area contributed by atoms with E-state index < -0.39 is 23.6 Å². The second-order valence-electron chi connectivity index (χ2n) is 5.91. The van der Waals surface area contributed by atoms with Gasteiger partial charge in [-0.15, -0.1) is 0 Å². The lowest BCUT2D eigenvalue weighted by molar-refractivity contribution is 0.0885. The van der Waals surface area contributed by atoms with Crippen LogP contribution in [0, 0.1) is 11.6 Å². The third-order valence-corrected chi connectivity index (χ3v) is 4.34. The molecule has 1 heterocycles. The highest BCUT2D eigenvalue weighted by Crippen LogP contribution is 2.20. The fourth-order valence-electron chi connectivity index (χ4n) is 2.40. The van der Waals surface area contributed by atoms with E-state index in [2.05, 4.69) is 21.2 Å². The number of rotatable bonds is 7. The minimum absolute atomic E-state index is 0.0466. The molecule has 1 unspecified atom stereocenters. The molecule has 2 aromatic carbocycles. The molecule has 146 valence electrons. The lowest BCUT2D eigenvalue weighted by Gasteiger charge is -2.12. The van der Waals surface area contributed by atoms with Crippen molar-refractivity contribution in [3.05, 3.63) is 87.8 Å². The molecule has 0 aliphatic carbocycles. The Bertz CT molecular complexity index is 976. The molecule has 8 heteroatoms. The van der Waals surface area contributed by atoms with Crippen LogP contribution in [0.3, 0.4) is 0 Å². The number of nitrogens with one attached hydrogen (secondary N) is 1. The number of hydrogen-bond donors (Lipinski definition) is 2. The van der Waals surface area contributed by atoms with Gasteiger partial charge in [0.2, 0.25) is 0 Å². The molecule has 0 spiro atoms. The molecule has 0 aliphatic rings. The molecular weight excluding hydrogens is 436 g/mol. The Labute approximate surface area is 168 Å². The molecule has 0 bridgehead atoms. The highest BCUT2D eigenvalue weighted by atomic mass is 79.9. The van der Waals surface area contributed by atoms with Gasteiger partial charge in [0.15, 0.2) is 17.4 Å². The van der Waals surface area contributed by atoms with Crippen molar-refractivity contribution in [3.63, 3.8) is 0 Å². The Hall–Kier alpha value is -2.71. The third kappa shape index (κ3) is 5.17. The van der Waals surface area contributed by atoms with Gasteiger partial charge in [-0.05, 0) is 48.0 Å². The van der Waals surface area contributed by atoms with Gasteiger partial charge in [0.25, 0.3) is 5.91 Å². The number of hydrogen-bond acceptors (Lipinski definition) is 4. The van der Waals surface area contributed by atoms with Crippen LogP contribution in [-0.4, -0.2) is 17.6 Å². The number of carbonyl (C=O) groups is 1. The molecule has 0 saturated heterocycles. The summed E-state index contributed by atoms with van der Waals surface area (Å²) in [5.41, 5.74) is 0.154. The molecule has 3 rings (SSSR count). The molecule has 0 radical (unpaired) electrons. The van der Waals surface area contributed by atoms with Crippen LogP contribution in [0.15, 0.2) is 63.5 Å². The number of halogens is 3. The summed E-state index contributed by atoms with van der Waals surface area (Å²) in [5, 5.41) is 12.5. The minimum Gasteiger partial charge on any atom is -0.486 e. The highest BCUT2D eigenvalue weighted by Gasteiger charge is 2.15. The lowest BCUT2D eigenvalue weighted by atomic mass is 10.1. The lowest BCUT2D eigenvalue weighted by Crippen LogP contribution is -2.28. The maximum absolute atomic E-state index is 13.2. The summed E-state index contributed by atoms with van der Waals surface area (Å²) in [6.45, 7) is -0.0459. The Morgan fingerprint density at radius 1 is 1.14 bits per heavy atom. The third-order valence-electron chi connectivity index (χ3n) is 3.85. The normalized spacial score (nSPS) is 11.9. The second-order valence-corrected chi connectivity index (χ2v) is 6.83. The van der Waals surface area contributed by atoms with E-state index >= 15 is 0 Å². The van der Waals surface area contributed by atoms with E-state index in [0.717, 1.165) is 16.6 Å². The number of carbonyl (C=O) groups excluding carboxylic acids is 1. The van der Waals surface area contributed by atoms with Gasteiger partial charge in [0.1, 0.15) is 18.1 Å². The molecule has 1 atom stereocenters. The zero-order chi connectivity index (χ0) is 20.1. The SMILES string of the molecule is O=C(NCC(O)c1ccc(F)c(F)c1)c1ccc(COc2cccc(Br)c2)o1. The Kier molecular flexibility index (Phi) is 6.43. The molecular formula is C20H16BrF2NO4. The molecule has 0 aliphatic heterocycles. The number of benzene rings is 2. The van der Waals surface area contributed by atoms with Crippen molar-refractivity contribution in [1.82, 2.24) is 5.32 Å². The first kappa shape index (κ1) is 20.0. The first-order chi connectivity index (χ1) is 13.4. The second kappa shape index (κ2) is 8.99. The number of amides is 1. The summed E-state index contributed by atoms with van der Waals surface area (Å²) in [6.07, 6.45) is -1.19. The molecule has 0 fully saturated rings. The number of ether oxygens (including phenoxy) is 1. The summed E-state index contributed by atoms with van der Waals surface area (Å²) in [6, 6.07) is 13.4. The van der Waals surface area contributed by atoms with Crippen LogP contribution < -0.4 is 10.1 Å². The van der Waals surface area contributed by atoms with Crippen LogP contribution in [0.4, 0.5) is 8.78 Å². The smallest absolute Gasteiger partial charge is 0.287 e. The van der Waals surface area contributed by atoms with Gasteiger partial charge in [-0.1, -0.05) is 28.1 Å². The summed E-state index contributed by atoms with van der Waals surface area (Å²) >= 11 is 3.35. The van der Waals surface area contributed by atoms with Gasteiger partial charge in [0.05, 0.1) is 6.10 Å². The molecule has 28 heavy (non-hydrogen) atoms. The van der Waals surface area contributed by atoms with Gasteiger partial charge >= 0.3 is 0 Å². The van der Waals surface area contributed by atoms with E-state index in [-0.39, 0.29) is 24.5 Å². The first-order valence-corrected chi connectivity index (χ1v) is 9.10. The van der Waals surface area contributed by atoms with E-state index in [1.165, 1.54) is 12.1 Å². The van der Waals surface area contributed by atoms with Crippen LogP contribution in [-0.2, 0) is 6.61 Å². The van der Waals surface area contributed by atoms with Crippen molar-refractivity contribution in [2.24, 2.45) is 0 Å². The maximum Gasteiger partial charge on any atom is 0.287 e. The topological polar surface area (TPSA) is 71.7 Å². The van der Waals surface area contributed by atoms with Gasteiger partial charge in [-0.3, -0.25) is 4.79 Å².